The summed E-state index contributed by atoms with van der Waals surface area (Å²) in [5, 5.41) is 22.8. The molecule has 6 nitrogen and oxygen atoms in total. The molecule has 0 unspecified atom stereocenters. The van der Waals surface area contributed by atoms with E-state index in [9.17, 15) is 19.8 Å². The average molecular weight is 538 g/mol. The highest BCUT2D eigenvalue weighted by Crippen LogP contribution is 2.74. The molecule has 0 heterocycles. The lowest BCUT2D eigenvalue weighted by Crippen LogP contribution is -2.75. The van der Waals surface area contributed by atoms with Crippen LogP contribution < -0.4 is 5.73 Å². The summed E-state index contributed by atoms with van der Waals surface area (Å²) < 4.78 is 6.00. The molecule has 6 heteroatoms. The number of Topliss-reactive ketones (excluding diaryl/α,β-unsaturated/α-hetero) is 1. The van der Waals surface area contributed by atoms with E-state index in [1.807, 2.05) is 30.3 Å². The molecule has 5 rings (SSSR count). The molecule has 0 bridgehead atoms. The molecule has 39 heavy (non-hydrogen) atoms. The van der Waals surface area contributed by atoms with Crippen LogP contribution in [-0.4, -0.2) is 45.8 Å². The Morgan fingerprint density at radius 3 is 2.26 bits per heavy atom. The summed E-state index contributed by atoms with van der Waals surface area (Å²) in [5.74, 6) is -0.560. The van der Waals surface area contributed by atoms with E-state index in [0.29, 0.717) is 31.3 Å². The number of aliphatic hydroxyl groups is 2. The van der Waals surface area contributed by atoms with Crippen LogP contribution in [0.4, 0.5) is 0 Å². The normalized spacial score (nSPS) is 46.5. The number of carbonyl (C=O) groups is 2. The molecule has 0 spiro atoms. The highest BCUT2D eigenvalue weighted by molar-refractivity contribution is 5.95. The van der Waals surface area contributed by atoms with Crippen molar-refractivity contribution in [1.29, 1.82) is 0 Å². The molecule has 1 aromatic carbocycles. The number of hydrogen-bond acceptors (Lipinski definition) is 6. The molecule has 214 valence electrons. The van der Waals surface area contributed by atoms with Gasteiger partial charge in [0, 0.05) is 30.4 Å². The molecule has 0 radical (unpaired) electrons. The van der Waals surface area contributed by atoms with Gasteiger partial charge >= 0.3 is 5.97 Å². The molecule has 0 aliphatic heterocycles. The maximum atomic E-state index is 13.2. The fraction of sp³-hybridized carbons (Fsp3) is 0.697. The third kappa shape index (κ3) is 3.99. The maximum absolute atomic E-state index is 13.2. The van der Waals surface area contributed by atoms with Gasteiger partial charge < -0.3 is 20.7 Å². The molecule has 4 saturated carbocycles. The van der Waals surface area contributed by atoms with Gasteiger partial charge in [-0.15, -0.1) is 0 Å². The van der Waals surface area contributed by atoms with Crippen LogP contribution in [0.15, 0.2) is 41.5 Å². The van der Waals surface area contributed by atoms with Crippen LogP contribution in [0.5, 0.6) is 0 Å². The highest BCUT2D eigenvalue weighted by Gasteiger charge is 2.73. The van der Waals surface area contributed by atoms with Gasteiger partial charge in [-0.1, -0.05) is 58.0 Å². The SMILES string of the molecule is CC(=O)O[C@H]1C[C@@]2(C)[C@@H](C[C@@H](O)[C@@H]3[C@]2(C)CC[C@@]2(N)[C@H](C)[C@H](O)CC[C@]32C)/C1=C(\Cc1ccccc1)C(C)=O. The summed E-state index contributed by atoms with van der Waals surface area (Å²) in [6.07, 6.45) is 3.13. The van der Waals surface area contributed by atoms with E-state index in [4.69, 9.17) is 10.5 Å². The maximum Gasteiger partial charge on any atom is 0.303 e. The van der Waals surface area contributed by atoms with Crippen molar-refractivity contribution in [1.82, 2.24) is 0 Å². The summed E-state index contributed by atoms with van der Waals surface area (Å²) >= 11 is 0. The van der Waals surface area contributed by atoms with Gasteiger partial charge in [-0.25, -0.2) is 0 Å². The molecule has 0 aromatic heterocycles. The zero-order valence-electron chi connectivity index (χ0n) is 24.5. The highest BCUT2D eigenvalue weighted by atomic mass is 16.5. The lowest BCUT2D eigenvalue weighted by atomic mass is 9.34. The zero-order chi connectivity index (χ0) is 28.5. The molecule has 10 atom stereocenters. The van der Waals surface area contributed by atoms with Gasteiger partial charge in [-0.2, -0.15) is 0 Å². The Bertz CT molecular complexity index is 1180. The van der Waals surface area contributed by atoms with Crippen LogP contribution >= 0.6 is 0 Å². The summed E-state index contributed by atoms with van der Waals surface area (Å²) in [4.78, 5) is 25.6. The standard InChI is InChI=1S/C33H47NO5/c1-19-25(37)12-13-31(5)29-26(38)17-24-28(23(20(2)35)16-22-10-8-7-9-11-22)27(39-21(3)36)18-32(24,6)30(29,4)14-15-33(19,31)34/h7-11,19,24-27,29,37-38H,12-18,34H2,1-6H3/b28-23-/t19-,24+,25-,26-,27+,29-,30+,31-,32+,33-/m1/s1. The monoisotopic (exact) mass is 537 g/mol. The number of carbonyl (C=O) groups excluding carboxylic acids is 2. The number of aliphatic hydroxyl groups excluding tert-OH is 2. The van der Waals surface area contributed by atoms with E-state index < -0.39 is 23.9 Å². The van der Waals surface area contributed by atoms with Crippen molar-refractivity contribution in [2.45, 2.75) is 110 Å². The lowest BCUT2D eigenvalue weighted by molar-refractivity contribution is -0.241. The van der Waals surface area contributed by atoms with E-state index >= 15 is 0 Å². The molecule has 4 aliphatic carbocycles. The molecule has 1 aromatic rings. The van der Waals surface area contributed by atoms with Gasteiger partial charge in [0.2, 0.25) is 0 Å². The largest absolute Gasteiger partial charge is 0.458 e. The third-order valence-corrected chi connectivity index (χ3v) is 12.4. The van der Waals surface area contributed by atoms with Crippen molar-refractivity contribution in [2.24, 2.45) is 39.7 Å². The van der Waals surface area contributed by atoms with Gasteiger partial charge in [-0.05, 0) is 84.7 Å². The second kappa shape index (κ2) is 9.53. The molecule has 4 fully saturated rings. The molecule has 4 N–H and O–H groups in total. The second-order valence-electron chi connectivity index (χ2n) is 14.0. The third-order valence-electron chi connectivity index (χ3n) is 12.4. The van der Waals surface area contributed by atoms with Gasteiger partial charge in [-0.3, -0.25) is 9.59 Å². The topological polar surface area (TPSA) is 110 Å². The number of rotatable bonds is 4. The molecular formula is C33H47NO5. The first-order valence-corrected chi connectivity index (χ1v) is 14.8. The van der Waals surface area contributed by atoms with Crippen LogP contribution in [-0.2, 0) is 20.7 Å². The van der Waals surface area contributed by atoms with Crippen LogP contribution in [0, 0.1) is 34.0 Å². The number of fused-ring (bicyclic) bond motifs is 5. The van der Waals surface area contributed by atoms with E-state index in [-0.39, 0.29) is 45.8 Å². The fourth-order valence-corrected chi connectivity index (χ4v) is 10.1. The number of hydrogen-bond donors (Lipinski definition) is 3. The Kier molecular flexibility index (Phi) is 6.96. The minimum absolute atomic E-state index is 0.0105. The second-order valence-corrected chi connectivity index (χ2v) is 14.0. The number of nitrogens with two attached hydrogens (primary N) is 1. The van der Waals surface area contributed by atoms with Gasteiger partial charge in [0.1, 0.15) is 6.10 Å². The van der Waals surface area contributed by atoms with Crippen molar-refractivity contribution >= 4 is 11.8 Å². The van der Waals surface area contributed by atoms with E-state index in [2.05, 4.69) is 27.7 Å². The van der Waals surface area contributed by atoms with Crippen LogP contribution in [0.25, 0.3) is 0 Å². The first-order chi connectivity index (χ1) is 18.2. The van der Waals surface area contributed by atoms with Crippen LogP contribution in [0.3, 0.4) is 0 Å². The predicted octanol–water partition coefficient (Wildman–Crippen LogP) is 4.75. The Labute approximate surface area is 233 Å². The number of benzene rings is 1. The van der Waals surface area contributed by atoms with Crippen molar-refractivity contribution in [2.75, 3.05) is 0 Å². The first-order valence-electron chi connectivity index (χ1n) is 14.8. The smallest absolute Gasteiger partial charge is 0.303 e. The van der Waals surface area contributed by atoms with Gasteiger partial charge in [0.25, 0.3) is 0 Å². The Hall–Kier alpha value is -2.02. The Morgan fingerprint density at radius 2 is 1.64 bits per heavy atom. The Morgan fingerprint density at radius 1 is 0.974 bits per heavy atom. The minimum Gasteiger partial charge on any atom is -0.458 e. The first kappa shape index (κ1) is 28.5. The molecule has 0 saturated heterocycles. The molecular weight excluding hydrogens is 490 g/mol. The molecule has 4 aliphatic rings. The van der Waals surface area contributed by atoms with Crippen molar-refractivity contribution in [3.8, 4) is 0 Å². The van der Waals surface area contributed by atoms with E-state index in [0.717, 1.165) is 30.4 Å². The van der Waals surface area contributed by atoms with Gasteiger partial charge in [0.05, 0.1) is 12.2 Å². The van der Waals surface area contributed by atoms with Crippen LogP contribution in [0.1, 0.15) is 85.6 Å². The van der Waals surface area contributed by atoms with Crippen molar-refractivity contribution in [3.05, 3.63) is 47.0 Å². The zero-order valence-corrected chi connectivity index (χ0v) is 24.5. The summed E-state index contributed by atoms with van der Waals surface area (Å²) in [6.45, 7) is 12.0. The number of allylic oxidation sites excluding steroid dienone is 1. The predicted molar refractivity (Wildman–Crippen MR) is 151 cm³/mol. The summed E-state index contributed by atoms with van der Waals surface area (Å²) in [6, 6.07) is 9.95. The number of ketones is 1. The number of esters is 1. The summed E-state index contributed by atoms with van der Waals surface area (Å²) in [5.41, 5.74) is 8.40. The fourth-order valence-electron chi connectivity index (χ4n) is 10.1. The van der Waals surface area contributed by atoms with Crippen LogP contribution in [0.2, 0.25) is 0 Å². The Balaban J connectivity index is 1.65. The number of ether oxygens (including phenoxy) is 1. The quantitative estimate of drug-likeness (QED) is 0.378. The lowest BCUT2D eigenvalue weighted by Gasteiger charge is -2.71. The van der Waals surface area contributed by atoms with Crippen molar-refractivity contribution in [3.63, 3.8) is 0 Å². The average Bonchev–Trinajstić information content (AvgIpc) is 3.14. The van der Waals surface area contributed by atoms with Gasteiger partial charge in [0.15, 0.2) is 5.78 Å². The molecule has 0 amide bonds. The summed E-state index contributed by atoms with van der Waals surface area (Å²) in [7, 11) is 0. The minimum atomic E-state index is -0.611. The van der Waals surface area contributed by atoms with E-state index in [1.165, 1.54) is 6.92 Å². The van der Waals surface area contributed by atoms with E-state index in [1.54, 1.807) is 6.92 Å². The van der Waals surface area contributed by atoms with Crippen molar-refractivity contribution < 1.29 is 24.5 Å².